The van der Waals surface area contributed by atoms with Crippen molar-refractivity contribution in [2.45, 2.75) is 25.7 Å². The Kier molecular flexibility index (Phi) is 5.74. The third-order valence-corrected chi connectivity index (χ3v) is 3.67. The number of hydrogen-bond acceptors (Lipinski definition) is 3. The molecule has 0 aromatic carbocycles. The summed E-state index contributed by atoms with van der Waals surface area (Å²) < 4.78 is 0. The molecule has 0 aliphatic rings. The molecule has 0 radical (unpaired) electrons. The van der Waals surface area contributed by atoms with Gasteiger partial charge in [-0.25, -0.2) is 0 Å². The van der Waals surface area contributed by atoms with Crippen molar-refractivity contribution in [3.05, 3.63) is 0 Å². The molecule has 0 aliphatic carbocycles. The summed E-state index contributed by atoms with van der Waals surface area (Å²) in [6, 6.07) is 1.20. The van der Waals surface area contributed by atoms with Crippen molar-refractivity contribution in [2.75, 3.05) is 27.2 Å². The Bertz CT molecular complexity index is 103. The van der Waals surface area contributed by atoms with Gasteiger partial charge in [-0.2, -0.15) is 0 Å². The zero-order valence-corrected chi connectivity index (χ0v) is 11.1. The lowest BCUT2D eigenvalue weighted by molar-refractivity contribution is 0.0637. The lowest BCUT2D eigenvalue weighted by Gasteiger charge is -2.42. The van der Waals surface area contributed by atoms with Gasteiger partial charge in [0, 0.05) is 10.2 Å². The maximum Gasteiger partial charge on any atom is 0.122 e. The van der Waals surface area contributed by atoms with Gasteiger partial charge < -0.3 is 0 Å². The van der Waals surface area contributed by atoms with Crippen LogP contribution in [0.15, 0.2) is 0 Å². The first-order valence-corrected chi connectivity index (χ1v) is 6.25. The van der Waals surface area contributed by atoms with Gasteiger partial charge in [-0.3, -0.25) is 15.5 Å². The molecule has 12 heavy (non-hydrogen) atoms. The first kappa shape index (κ1) is 12.1. The van der Waals surface area contributed by atoms with Crippen LogP contribution in [0.2, 0.25) is 6.04 Å². The highest BCUT2D eigenvalue weighted by Crippen LogP contribution is 2.10. The average molecular weight is 189 g/mol. The Morgan fingerprint density at radius 3 is 1.67 bits per heavy atom. The van der Waals surface area contributed by atoms with Crippen molar-refractivity contribution in [3.63, 3.8) is 0 Å². The summed E-state index contributed by atoms with van der Waals surface area (Å²) in [6.07, 6.45) is 0. The first-order valence-electron chi connectivity index (χ1n) is 4.83. The Morgan fingerprint density at radius 1 is 1.17 bits per heavy atom. The van der Waals surface area contributed by atoms with E-state index < -0.39 is 0 Å². The van der Waals surface area contributed by atoms with E-state index in [1.807, 2.05) is 14.1 Å². The summed E-state index contributed by atoms with van der Waals surface area (Å²) in [5.41, 5.74) is 0. The maximum absolute atomic E-state index is 3.37. The predicted molar refractivity (Wildman–Crippen MR) is 58.5 cm³/mol. The van der Waals surface area contributed by atoms with Crippen molar-refractivity contribution in [3.8, 4) is 0 Å². The van der Waals surface area contributed by atoms with E-state index in [4.69, 9.17) is 0 Å². The molecule has 0 amide bonds. The Morgan fingerprint density at radius 2 is 1.58 bits per heavy atom. The molecule has 0 rings (SSSR count). The third kappa shape index (κ3) is 2.29. The number of nitrogens with one attached hydrogen (secondary N) is 2. The van der Waals surface area contributed by atoms with E-state index in [-0.39, 0.29) is 5.79 Å². The molecule has 0 bridgehead atoms. The van der Waals surface area contributed by atoms with E-state index in [0.717, 1.165) is 13.1 Å². The van der Waals surface area contributed by atoms with E-state index >= 15 is 0 Å². The van der Waals surface area contributed by atoms with Gasteiger partial charge in [0.2, 0.25) is 0 Å². The van der Waals surface area contributed by atoms with Gasteiger partial charge in [-0.15, -0.1) is 0 Å². The van der Waals surface area contributed by atoms with E-state index in [0.29, 0.717) is 0 Å². The van der Waals surface area contributed by atoms with Gasteiger partial charge in [0.1, 0.15) is 5.79 Å². The zero-order valence-electron chi connectivity index (χ0n) is 9.07. The lowest BCUT2D eigenvalue weighted by atomic mass is 10.3. The van der Waals surface area contributed by atoms with E-state index in [2.05, 4.69) is 29.4 Å². The van der Waals surface area contributed by atoms with Crippen LogP contribution in [0.25, 0.3) is 0 Å². The van der Waals surface area contributed by atoms with Crippen LogP contribution in [0.4, 0.5) is 0 Å². The summed E-state index contributed by atoms with van der Waals surface area (Å²) in [7, 11) is 5.25. The molecule has 0 atom stereocenters. The van der Waals surface area contributed by atoms with Gasteiger partial charge in [0.05, 0.1) is 0 Å². The summed E-state index contributed by atoms with van der Waals surface area (Å²) in [6.45, 7) is 6.56. The minimum Gasteiger partial charge on any atom is -0.290 e. The second-order valence-electron chi connectivity index (χ2n) is 2.89. The summed E-state index contributed by atoms with van der Waals surface area (Å²) in [4.78, 5) is 2.42. The van der Waals surface area contributed by atoms with Crippen LogP contribution >= 0.6 is 0 Å². The highest BCUT2D eigenvalue weighted by atomic mass is 28.1. The maximum atomic E-state index is 3.37. The lowest BCUT2D eigenvalue weighted by Crippen LogP contribution is -2.65. The van der Waals surface area contributed by atoms with Gasteiger partial charge in [-0.05, 0) is 33.2 Å². The summed E-state index contributed by atoms with van der Waals surface area (Å²) in [5, 5.41) is 6.73. The van der Waals surface area contributed by atoms with Crippen LogP contribution in [-0.4, -0.2) is 48.1 Å². The average Bonchev–Trinajstić information content (AvgIpc) is 2.14. The normalized spacial score (nSPS) is 12.8. The molecule has 0 saturated heterocycles. The molecule has 0 spiro atoms. The van der Waals surface area contributed by atoms with E-state index in [1.54, 1.807) is 0 Å². The summed E-state index contributed by atoms with van der Waals surface area (Å²) >= 11 is 0. The molecular formula is C8H23N3Si. The van der Waals surface area contributed by atoms with Crippen molar-refractivity contribution >= 4 is 10.2 Å². The highest BCUT2D eigenvalue weighted by molar-refractivity contribution is 6.09. The van der Waals surface area contributed by atoms with Gasteiger partial charge in [-0.1, -0.05) is 13.8 Å². The first-order chi connectivity index (χ1) is 5.70. The zero-order chi connectivity index (χ0) is 9.61. The Balaban J connectivity index is 4.42. The smallest absolute Gasteiger partial charge is 0.122 e. The minimum absolute atomic E-state index is 0.0374. The molecular weight excluding hydrogens is 166 g/mol. The van der Waals surface area contributed by atoms with Crippen LogP contribution in [0, 0.1) is 0 Å². The van der Waals surface area contributed by atoms with Crippen LogP contribution in [0.1, 0.15) is 13.8 Å². The molecule has 0 aliphatic heterocycles. The summed E-state index contributed by atoms with van der Waals surface area (Å²) in [5.74, 6) is 0.0374. The van der Waals surface area contributed by atoms with E-state index in [1.165, 1.54) is 16.3 Å². The molecule has 0 fully saturated rings. The monoisotopic (exact) mass is 189 g/mol. The number of nitrogens with zero attached hydrogens (tertiary/aromatic N) is 1. The molecule has 0 unspecified atom stereocenters. The van der Waals surface area contributed by atoms with Crippen LogP contribution < -0.4 is 10.6 Å². The Labute approximate surface area is 79.3 Å². The predicted octanol–water partition coefficient (Wildman–Crippen LogP) is -0.795. The standard InChI is InChI=1S/C8H23N3Si/c1-5-11(6-2)8(7-12,9-3)10-4/h9-10H,5-7H2,1-4,12H3. The quantitative estimate of drug-likeness (QED) is 0.423. The van der Waals surface area contributed by atoms with Gasteiger partial charge >= 0.3 is 0 Å². The molecule has 2 N–H and O–H groups in total. The largest absolute Gasteiger partial charge is 0.290 e. The molecule has 4 heteroatoms. The molecule has 0 aromatic heterocycles. The minimum atomic E-state index is 0.0374. The fourth-order valence-corrected chi connectivity index (χ4v) is 2.94. The van der Waals surface area contributed by atoms with Crippen molar-refractivity contribution in [1.29, 1.82) is 0 Å². The highest BCUT2D eigenvalue weighted by Gasteiger charge is 2.28. The fraction of sp³-hybridized carbons (Fsp3) is 1.00. The molecule has 74 valence electrons. The molecule has 0 saturated carbocycles. The van der Waals surface area contributed by atoms with Crippen LogP contribution in [0.5, 0.6) is 0 Å². The molecule has 0 heterocycles. The second-order valence-corrected chi connectivity index (χ2v) is 3.59. The molecule has 3 nitrogen and oxygen atoms in total. The fourth-order valence-electron chi connectivity index (χ4n) is 1.78. The van der Waals surface area contributed by atoms with Crippen molar-refractivity contribution < 1.29 is 0 Å². The topological polar surface area (TPSA) is 27.3 Å². The SMILES string of the molecule is CCN(CC)C(C[SiH3])(NC)NC. The van der Waals surface area contributed by atoms with Gasteiger partial charge in [0.15, 0.2) is 0 Å². The third-order valence-electron chi connectivity index (χ3n) is 2.64. The van der Waals surface area contributed by atoms with E-state index in [9.17, 15) is 0 Å². The number of hydrogen-bond donors (Lipinski definition) is 2. The van der Waals surface area contributed by atoms with Crippen molar-refractivity contribution in [2.24, 2.45) is 0 Å². The van der Waals surface area contributed by atoms with Gasteiger partial charge in [0.25, 0.3) is 0 Å². The second kappa shape index (κ2) is 5.69. The van der Waals surface area contributed by atoms with Crippen molar-refractivity contribution in [1.82, 2.24) is 15.5 Å². The molecule has 0 aromatic rings. The van der Waals surface area contributed by atoms with Crippen LogP contribution in [-0.2, 0) is 0 Å². The van der Waals surface area contributed by atoms with Crippen LogP contribution in [0.3, 0.4) is 0 Å². The Hall–Kier alpha value is 0.0969. The number of rotatable bonds is 6.